The topological polar surface area (TPSA) is 58.2 Å². The Kier molecular flexibility index (Phi) is 5.00. The van der Waals surface area contributed by atoms with Gasteiger partial charge in [-0.25, -0.2) is 0 Å². The average molecular weight is 369 g/mol. The van der Waals surface area contributed by atoms with Gasteiger partial charge in [-0.2, -0.15) is 0 Å². The summed E-state index contributed by atoms with van der Waals surface area (Å²) in [7, 11) is 0. The quantitative estimate of drug-likeness (QED) is 0.800. The van der Waals surface area contributed by atoms with Crippen LogP contribution in [0.2, 0.25) is 0 Å². The van der Waals surface area contributed by atoms with Gasteiger partial charge in [0.15, 0.2) is 0 Å². The Hall–Kier alpha value is -1.84. The second kappa shape index (κ2) is 7.29. The fourth-order valence-corrected chi connectivity index (χ4v) is 6.20. The largest absolute Gasteiger partial charge is 0.348 e. The van der Waals surface area contributed by atoms with Crippen molar-refractivity contribution in [2.24, 2.45) is 23.2 Å². The lowest BCUT2D eigenvalue weighted by Crippen LogP contribution is -2.54. The van der Waals surface area contributed by atoms with Crippen molar-refractivity contribution in [1.82, 2.24) is 10.6 Å². The smallest absolute Gasteiger partial charge is 0.239 e. The van der Waals surface area contributed by atoms with Crippen molar-refractivity contribution in [3.05, 3.63) is 35.4 Å². The zero-order chi connectivity index (χ0) is 19.0. The predicted molar refractivity (Wildman–Crippen MR) is 106 cm³/mol. The molecular formula is C23H32N2O2. The van der Waals surface area contributed by atoms with Gasteiger partial charge >= 0.3 is 0 Å². The number of hydrogen-bond acceptors (Lipinski definition) is 2. The summed E-state index contributed by atoms with van der Waals surface area (Å²) < 4.78 is 0. The minimum atomic E-state index is -0.184. The Morgan fingerprint density at radius 1 is 1.04 bits per heavy atom. The van der Waals surface area contributed by atoms with E-state index < -0.39 is 0 Å². The molecule has 4 bridgehead atoms. The summed E-state index contributed by atoms with van der Waals surface area (Å²) in [5.74, 6) is 2.24. The molecule has 0 aromatic heterocycles. The highest BCUT2D eigenvalue weighted by Crippen LogP contribution is 2.60. The monoisotopic (exact) mass is 368 g/mol. The summed E-state index contributed by atoms with van der Waals surface area (Å²) in [6.07, 6.45) is 7.90. The van der Waals surface area contributed by atoms with Gasteiger partial charge in [-0.1, -0.05) is 36.8 Å². The van der Waals surface area contributed by atoms with Gasteiger partial charge < -0.3 is 10.6 Å². The van der Waals surface area contributed by atoms with E-state index in [1.54, 1.807) is 0 Å². The molecule has 146 valence electrons. The van der Waals surface area contributed by atoms with Crippen molar-refractivity contribution in [3.8, 4) is 0 Å². The molecule has 2 amide bonds. The fourth-order valence-electron chi connectivity index (χ4n) is 6.20. The van der Waals surface area contributed by atoms with Gasteiger partial charge in [0.05, 0.1) is 12.6 Å². The Bertz CT molecular complexity index is 674. The molecule has 4 heteroatoms. The lowest BCUT2D eigenvalue weighted by Gasteiger charge is -2.55. The Morgan fingerprint density at radius 3 is 2.11 bits per heavy atom. The van der Waals surface area contributed by atoms with Crippen LogP contribution in [0, 0.1) is 30.1 Å². The van der Waals surface area contributed by atoms with Gasteiger partial charge in [-0.15, -0.1) is 0 Å². The highest BCUT2D eigenvalue weighted by Gasteiger charge is 2.54. The van der Waals surface area contributed by atoms with Crippen LogP contribution < -0.4 is 10.6 Å². The number of hydrogen-bond donors (Lipinski definition) is 2. The van der Waals surface area contributed by atoms with Gasteiger partial charge in [0.2, 0.25) is 11.8 Å². The van der Waals surface area contributed by atoms with E-state index in [0.29, 0.717) is 0 Å². The molecule has 4 aliphatic carbocycles. The second-order valence-electron chi connectivity index (χ2n) is 9.32. The molecule has 0 radical (unpaired) electrons. The van der Waals surface area contributed by atoms with Gasteiger partial charge in [-0.05, 0) is 75.2 Å². The number of nitrogens with one attached hydrogen (secondary N) is 2. The van der Waals surface area contributed by atoms with E-state index >= 15 is 0 Å². The Balaban J connectivity index is 1.32. The number of rotatable bonds is 6. The molecule has 1 aromatic rings. The highest BCUT2D eigenvalue weighted by atomic mass is 16.2. The number of amides is 2. The zero-order valence-electron chi connectivity index (χ0n) is 16.6. The molecule has 0 heterocycles. The van der Waals surface area contributed by atoms with E-state index in [2.05, 4.69) is 48.7 Å². The molecule has 0 aliphatic heterocycles. The maximum atomic E-state index is 13.0. The van der Waals surface area contributed by atoms with Crippen LogP contribution in [0.3, 0.4) is 0 Å². The molecule has 1 aromatic carbocycles. The van der Waals surface area contributed by atoms with Gasteiger partial charge in [0.25, 0.3) is 0 Å². The summed E-state index contributed by atoms with van der Waals surface area (Å²) in [6.45, 7) is 4.21. The normalized spacial score (nSPS) is 32.1. The maximum Gasteiger partial charge on any atom is 0.239 e. The fraction of sp³-hybridized carbons (Fsp3) is 0.652. The summed E-state index contributed by atoms with van der Waals surface area (Å²) in [4.78, 5) is 25.4. The first-order valence-corrected chi connectivity index (χ1v) is 10.6. The average Bonchev–Trinajstić information content (AvgIpc) is 2.64. The highest BCUT2D eigenvalue weighted by molar-refractivity contribution is 5.88. The number of carbonyl (C=O) groups is 2. The molecule has 27 heavy (non-hydrogen) atoms. The van der Waals surface area contributed by atoms with Crippen LogP contribution in [0.1, 0.15) is 69.0 Å². The molecule has 1 atom stereocenters. The van der Waals surface area contributed by atoms with E-state index in [0.717, 1.165) is 49.0 Å². The van der Waals surface area contributed by atoms with Crippen LogP contribution in [0.25, 0.3) is 0 Å². The van der Waals surface area contributed by atoms with Crippen molar-refractivity contribution in [2.45, 2.75) is 64.8 Å². The van der Waals surface area contributed by atoms with E-state index in [-0.39, 0.29) is 29.8 Å². The zero-order valence-corrected chi connectivity index (χ0v) is 16.6. The third-order valence-corrected chi connectivity index (χ3v) is 7.15. The molecule has 4 fully saturated rings. The van der Waals surface area contributed by atoms with Crippen molar-refractivity contribution in [1.29, 1.82) is 0 Å². The minimum absolute atomic E-state index is 0.00505. The first-order chi connectivity index (χ1) is 13.0. The van der Waals surface area contributed by atoms with Crippen LogP contribution in [0.15, 0.2) is 24.3 Å². The molecule has 1 unspecified atom stereocenters. The van der Waals surface area contributed by atoms with Crippen molar-refractivity contribution in [3.63, 3.8) is 0 Å². The predicted octanol–water partition coefficient (Wildman–Crippen LogP) is 3.89. The number of benzene rings is 1. The van der Waals surface area contributed by atoms with Crippen LogP contribution in [0.4, 0.5) is 0 Å². The maximum absolute atomic E-state index is 13.0. The summed E-state index contributed by atoms with van der Waals surface area (Å²) in [6, 6.07) is 8.27. The summed E-state index contributed by atoms with van der Waals surface area (Å²) in [5, 5.41) is 6.06. The van der Waals surface area contributed by atoms with E-state index in [9.17, 15) is 9.59 Å². The first-order valence-electron chi connectivity index (χ1n) is 10.6. The molecule has 4 saturated carbocycles. The van der Waals surface area contributed by atoms with E-state index in [4.69, 9.17) is 0 Å². The summed E-state index contributed by atoms with van der Waals surface area (Å²) >= 11 is 0. The molecule has 4 nitrogen and oxygen atoms in total. The minimum Gasteiger partial charge on any atom is -0.348 e. The standard InChI is InChI=1S/C23H32N2O2/c1-3-20(19-6-4-15(2)5-7-19)25-21(26)14-24-22(27)23-11-16-8-17(12-23)10-18(9-16)13-23/h4-7,16-18,20H,3,8-14H2,1-2H3,(H,24,27)(H,25,26). The van der Waals surface area contributed by atoms with Gasteiger partial charge in [0.1, 0.15) is 0 Å². The third kappa shape index (κ3) is 3.76. The van der Waals surface area contributed by atoms with Gasteiger partial charge in [-0.3, -0.25) is 9.59 Å². The van der Waals surface area contributed by atoms with E-state index in [1.165, 1.54) is 24.8 Å². The third-order valence-electron chi connectivity index (χ3n) is 7.15. The van der Waals surface area contributed by atoms with Crippen LogP contribution in [-0.4, -0.2) is 18.4 Å². The lowest BCUT2D eigenvalue weighted by atomic mass is 9.49. The molecular weight excluding hydrogens is 336 g/mol. The number of carbonyl (C=O) groups excluding carboxylic acids is 2. The van der Waals surface area contributed by atoms with Crippen molar-refractivity contribution in [2.75, 3.05) is 6.54 Å². The molecule has 2 N–H and O–H groups in total. The lowest BCUT2D eigenvalue weighted by molar-refractivity contribution is -0.147. The van der Waals surface area contributed by atoms with Gasteiger partial charge in [0, 0.05) is 5.41 Å². The molecule has 0 spiro atoms. The van der Waals surface area contributed by atoms with Crippen LogP contribution in [0.5, 0.6) is 0 Å². The van der Waals surface area contributed by atoms with Crippen LogP contribution in [-0.2, 0) is 9.59 Å². The molecule has 0 saturated heterocycles. The van der Waals surface area contributed by atoms with Crippen LogP contribution >= 0.6 is 0 Å². The number of aryl methyl sites for hydroxylation is 1. The van der Waals surface area contributed by atoms with E-state index in [1.807, 2.05) is 0 Å². The Morgan fingerprint density at radius 2 is 1.59 bits per heavy atom. The SMILES string of the molecule is CCC(NC(=O)CNC(=O)C12CC3CC(CC(C3)C1)C2)c1ccc(C)cc1. The molecule has 5 rings (SSSR count). The summed E-state index contributed by atoms with van der Waals surface area (Å²) in [5.41, 5.74) is 2.14. The van der Waals surface area contributed by atoms with Crippen molar-refractivity contribution < 1.29 is 9.59 Å². The first kappa shape index (κ1) is 18.5. The second-order valence-corrected chi connectivity index (χ2v) is 9.32. The Labute approximate surface area is 162 Å². The molecule has 4 aliphatic rings. The van der Waals surface area contributed by atoms with Crippen molar-refractivity contribution >= 4 is 11.8 Å².